The Labute approximate surface area is 140 Å². The molecule has 2 heterocycles. The number of rotatable bonds is 2. The number of carbonyl (C=O) groups excluding carboxylic acids is 2. The van der Waals surface area contributed by atoms with Crippen LogP contribution in [0, 0.1) is 17.8 Å². The van der Waals surface area contributed by atoms with Crippen molar-refractivity contribution in [3.05, 3.63) is 0 Å². The summed E-state index contributed by atoms with van der Waals surface area (Å²) >= 11 is 0. The Bertz CT molecular complexity index is 439. The van der Waals surface area contributed by atoms with E-state index in [0.717, 1.165) is 38.4 Å². The zero-order chi connectivity index (χ0) is 16.4. The molecule has 3 rings (SSSR count). The lowest BCUT2D eigenvalue weighted by Crippen LogP contribution is -2.53. The van der Waals surface area contributed by atoms with Crippen LogP contribution in [0.5, 0.6) is 0 Å². The van der Waals surface area contributed by atoms with Crippen molar-refractivity contribution in [2.75, 3.05) is 19.6 Å². The van der Waals surface area contributed by atoms with E-state index in [2.05, 4.69) is 4.90 Å². The van der Waals surface area contributed by atoms with Gasteiger partial charge in [-0.3, -0.25) is 9.59 Å². The van der Waals surface area contributed by atoms with Crippen LogP contribution in [0.25, 0.3) is 0 Å². The van der Waals surface area contributed by atoms with Crippen LogP contribution < -0.4 is 0 Å². The van der Waals surface area contributed by atoms with Crippen molar-refractivity contribution < 1.29 is 9.59 Å². The standard InChI is InChI=1S/C19H32N2O2/c1-14(2)18(22)20-12-9-16(10-13-20)19(23)21-11-5-7-15-6-3-4-8-17(15)21/h14-17H,3-13H2,1-2H3. The molecule has 0 spiro atoms. The predicted octanol–water partition coefficient (Wildman–Crippen LogP) is 3.06. The molecule has 2 aliphatic heterocycles. The number of fused-ring (bicyclic) bond motifs is 1. The fraction of sp³-hybridized carbons (Fsp3) is 0.895. The van der Waals surface area contributed by atoms with Crippen LogP contribution in [0.1, 0.15) is 65.2 Å². The van der Waals surface area contributed by atoms with Crippen LogP contribution in [0.3, 0.4) is 0 Å². The number of carbonyl (C=O) groups is 2. The van der Waals surface area contributed by atoms with Gasteiger partial charge in [0.2, 0.25) is 11.8 Å². The highest BCUT2D eigenvalue weighted by Crippen LogP contribution is 2.36. The Hall–Kier alpha value is -1.06. The minimum absolute atomic E-state index is 0.0624. The van der Waals surface area contributed by atoms with Crippen molar-refractivity contribution in [2.45, 2.75) is 71.3 Å². The Balaban J connectivity index is 1.57. The molecule has 4 heteroatoms. The van der Waals surface area contributed by atoms with Gasteiger partial charge in [0.15, 0.2) is 0 Å². The zero-order valence-corrected chi connectivity index (χ0v) is 14.8. The molecule has 2 amide bonds. The molecule has 130 valence electrons. The Morgan fingerprint density at radius 2 is 1.52 bits per heavy atom. The Morgan fingerprint density at radius 3 is 2.22 bits per heavy atom. The number of amides is 2. The van der Waals surface area contributed by atoms with Crippen LogP contribution in [-0.2, 0) is 9.59 Å². The lowest BCUT2D eigenvalue weighted by Gasteiger charge is -2.46. The summed E-state index contributed by atoms with van der Waals surface area (Å²) in [5.41, 5.74) is 0. The first-order valence-electron chi connectivity index (χ1n) is 9.67. The van der Waals surface area contributed by atoms with Gasteiger partial charge in [0.05, 0.1) is 0 Å². The molecule has 3 fully saturated rings. The third kappa shape index (κ3) is 3.56. The quantitative estimate of drug-likeness (QED) is 0.784. The number of nitrogens with zero attached hydrogens (tertiary/aromatic N) is 2. The smallest absolute Gasteiger partial charge is 0.226 e. The van der Waals surface area contributed by atoms with Crippen molar-refractivity contribution in [1.82, 2.24) is 9.80 Å². The van der Waals surface area contributed by atoms with Gasteiger partial charge >= 0.3 is 0 Å². The van der Waals surface area contributed by atoms with E-state index in [1.54, 1.807) is 0 Å². The summed E-state index contributed by atoms with van der Waals surface area (Å²) < 4.78 is 0. The van der Waals surface area contributed by atoms with Crippen LogP contribution >= 0.6 is 0 Å². The highest BCUT2D eigenvalue weighted by Gasteiger charge is 2.39. The first-order valence-corrected chi connectivity index (χ1v) is 9.67. The lowest BCUT2D eigenvalue weighted by atomic mass is 9.77. The summed E-state index contributed by atoms with van der Waals surface area (Å²) in [5, 5.41) is 0. The summed E-state index contributed by atoms with van der Waals surface area (Å²) in [6, 6.07) is 0.514. The maximum absolute atomic E-state index is 13.0. The molecule has 23 heavy (non-hydrogen) atoms. The molecule has 3 aliphatic rings. The minimum atomic E-state index is 0.0624. The highest BCUT2D eigenvalue weighted by atomic mass is 16.2. The minimum Gasteiger partial charge on any atom is -0.342 e. The predicted molar refractivity (Wildman–Crippen MR) is 90.8 cm³/mol. The summed E-state index contributed by atoms with van der Waals surface area (Å²) in [4.78, 5) is 29.3. The molecule has 0 N–H and O–H groups in total. The zero-order valence-electron chi connectivity index (χ0n) is 14.8. The van der Waals surface area contributed by atoms with E-state index in [9.17, 15) is 9.59 Å². The number of hydrogen-bond donors (Lipinski definition) is 0. The van der Waals surface area contributed by atoms with E-state index in [-0.39, 0.29) is 17.7 Å². The van der Waals surface area contributed by atoms with Crippen molar-refractivity contribution in [3.63, 3.8) is 0 Å². The summed E-state index contributed by atoms with van der Waals surface area (Å²) in [7, 11) is 0. The number of piperidine rings is 2. The Morgan fingerprint density at radius 1 is 0.870 bits per heavy atom. The monoisotopic (exact) mass is 320 g/mol. The molecule has 1 saturated carbocycles. The van der Waals surface area contributed by atoms with Crippen LogP contribution in [-0.4, -0.2) is 47.3 Å². The SMILES string of the molecule is CC(C)C(=O)N1CCC(C(=O)N2CCCC3CCCCC32)CC1. The number of likely N-dealkylation sites (tertiary alicyclic amines) is 2. The Kier molecular flexibility index (Phi) is 5.27. The molecule has 0 aromatic carbocycles. The van der Waals surface area contributed by atoms with Gasteiger partial charge in [-0.1, -0.05) is 26.7 Å². The highest BCUT2D eigenvalue weighted by molar-refractivity contribution is 5.81. The van der Waals surface area contributed by atoms with E-state index < -0.39 is 0 Å². The molecular formula is C19H32N2O2. The summed E-state index contributed by atoms with van der Waals surface area (Å²) in [6.07, 6.45) is 9.35. The van der Waals surface area contributed by atoms with E-state index in [0.29, 0.717) is 11.9 Å². The molecule has 0 aromatic heterocycles. The third-order valence-corrected chi connectivity index (χ3v) is 6.18. The second kappa shape index (κ2) is 7.23. The van der Waals surface area contributed by atoms with Crippen LogP contribution in [0.15, 0.2) is 0 Å². The largest absolute Gasteiger partial charge is 0.342 e. The second-order valence-corrected chi connectivity index (χ2v) is 8.04. The first-order chi connectivity index (χ1) is 11.1. The van der Waals surface area contributed by atoms with Gasteiger partial charge in [-0.2, -0.15) is 0 Å². The average molecular weight is 320 g/mol. The maximum Gasteiger partial charge on any atom is 0.226 e. The molecule has 0 radical (unpaired) electrons. The first kappa shape index (κ1) is 16.8. The van der Waals surface area contributed by atoms with Gasteiger partial charge in [0.1, 0.15) is 0 Å². The van der Waals surface area contributed by atoms with Crippen molar-refractivity contribution in [3.8, 4) is 0 Å². The third-order valence-electron chi connectivity index (χ3n) is 6.18. The van der Waals surface area contributed by atoms with Crippen molar-refractivity contribution in [1.29, 1.82) is 0 Å². The molecule has 0 bridgehead atoms. The topological polar surface area (TPSA) is 40.6 Å². The molecular weight excluding hydrogens is 288 g/mol. The van der Waals surface area contributed by atoms with Crippen LogP contribution in [0.2, 0.25) is 0 Å². The summed E-state index contributed by atoms with van der Waals surface area (Å²) in [6.45, 7) is 6.39. The maximum atomic E-state index is 13.0. The van der Waals surface area contributed by atoms with Gasteiger partial charge < -0.3 is 9.80 Å². The second-order valence-electron chi connectivity index (χ2n) is 8.04. The fourth-order valence-electron chi connectivity index (χ4n) is 4.84. The summed E-state index contributed by atoms with van der Waals surface area (Å²) in [5.74, 6) is 1.59. The van der Waals surface area contributed by atoms with Crippen molar-refractivity contribution >= 4 is 11.8 Å². The molecule has 2 saturated heterocycles. The van der Waals surface area contributed by atoms with Crippen molar-refractivity contribution in [2.24, 2.45) is 17.8 Å². The molecule has 4 nitrogen and oxygen atoms in total. The lowest BCUT2D eigenvalue weighted by molar-refractivity contribution is -0.146. The average Bonchev–Trinajstić information content (AvgIpc) is 2.60. The van der Waals surface area contributed by atoms with E-state index >= 15 is 0 Å². The van der Waals surface area contributed by atoms with Gasteiger partial charge in [-0.15, -0.1) is 0 Å². The van der Waals surface area contributed by atoms with E-state index in [4.69, 9.17) is 0 Å². The van der Waals surface area contributed by atoms with Gasteiger partial charge in [0.25, 0.3) is 0 Å². The van der Waals surface area contributed by atoms with Gasteiger partial charge in [0, 0.05) is 37.5 Å². The van der Waals surface area contributed by atoms with E-state index in [1.165, 1.54) is 38.5 Å². The van der Waals surface area contributed by atoms with Crippen LogP contribution in [0.4, 0.5) is 0 Å². The van der Waals surface area contributed by atoms with Gasteiger partial charge in [-0.05, 0) is 44.4 Å². The normalized spacial score (nSPS) is 29.5. The fourth-order valence-corrected chi connectivity index (χ4v) is 4.84. The molecule has 0 aromatic rings. The van der Waals surface area contributed by atoms with Gasteiger partial charge in [-0.25, -0.2) is 0 Å². The molecule has 2 unspecified atom stereocenters. The van der Waals surface area contributed by atoms with E-state index in [1.807, 2.05) is 18.7 Å². The number of hydrogen-bond acceptors (Lipinski definition) is 2. The molecule has 2 atom stereocenters. The molecule has 1 aliphatic carbocycles.